The zero-order valence-corrected chi connectivity index (χ0v) is 13.9. The Balaban J connectivity index is 2.10. The molecule has 2 atom stereocenters. The van der Waals surface area contributed by atoms with Crippen molar-refractivity contribution in [1.29, 1.82) is 0 Å². The number of aryl methyl sites for hydroxylation is 1. The van der Waals surface area contributed by atoms with Crippen molar-refractivity contribution in [3.8, 4) is 0 Å². The highest BCUT2D eigenvalue weighted by atomic mass is 79.9. The lowest BCUT2D eigenvalue weighted by atomic mass is 10.1. The molecule has 1 aromatic heterocycles. The Morgan fingerprint density at radius 1 is 1.19 bits per heavy atom. The van der Waals surface area contributed by atoms with Gasteiger partial charge in [-0.05, 0) is 54.4 Å². The molecule has 0 aliphatic carbocycles. The van der Waals surface area contributed by atoms with Gasteiger partial charge in [0, 0.05) is 19.2 Å². The highest BCUT2D eigenvalue weighted by molar-refractivity contribution is 9.10. The lowest BCUT2D eigenvalue weighted by Gasteiger charge is -2.35. The number of rotatable bonds is 1. The lowest BCUT2D eigenvalue weighted by Crippen LogP contribution is -2.45. The van der Waals surface area contributed by atoms with E-state index >= 15 is 0 Å². The molecule has 0 N–H and O–H groups in total. The molecule has 2 heterocycles. The summed E-state index contributed by atoms with van der Waals surface area (Å²) in [6.07, 6.45) is 0.243. The highest BCUT2D eigenvalue weighted by Gasteiger charge is 2.24. The summed E-state index contributed by atoms with van der Waals surface area (Å²) in [5.74, 6) is 0.610. The van der Waals surface area contributed by atoms with E-state index in [0.29, 0.717) is 16.9 Å². The van der Waals surface area contributed by atoms with Gasteiger partial charge in [0.25, 0.3) is 0 Å². The molecule has 0 radical (unpaired) electrons. The van der Waals surface area contributed by atoms with E-state index in [1.165, 1.54) is 0 Å². The maximum absolute atomic E-state index is 12.4. The molecule has 5 heteroatoms. The molecule has 4 nitrogen and oxygen atoms in total. The van der Waals surface area contributed by atoms with Crippen LogP contribution >= 0.6 is 15.9 Å². The summed E-state index contributed by atoms with van der Waals surface area (Å²) in [7, 11) is 0. The SMILES string of the molecule is Cc1cc(Br)c2oc(N3C[C@@H](C)O[C@@H](C)C3)cc(=O)c2c1. The van der Waals surface area contributed by atoms with E-state index in [0.717, 1.165) is 23.1 Å². The van der Waals surface area contributed by atoms with Crippen LogP contribution in [0, 0.1) is 6.92 Å². The second-order valence-corrected chi connectivity index (χ2v) is 6.59. The second-order valence-electron chi connectivity index (χ2n) is 5.73. The molecule has 1 aliphatic rings. The van der Waals surface area contributed by atoms with Gasteiger partial charge in [0.15, 0.2) is 16.9 Å². The summed E-state index contributed by atoms with van der Waals surface area (Å²) in [6, 6.07) is 5.40. The van der Waals surface area contributed by atoms with E-state index in [-0.39, 0.29) is 17.6 Å². The molecular formula is C16H18BrNO3. The fourth-order valence-corrected chi connectivity index (χ4v) is 3.51. The number of morpholine rings is 1. The van der Waals surface area contributed by atoms with Crippen LogP contribution < -0.4 is 10.3 Å². The van der Waals surface area contributed by atoms with Gasteiger partial charge in [-0.2, -0.15) is 0 Å². The van der Waals surface area contributed by atoms with Crippen molar-refractivity contribution in [3.05, 3.63) is 38.5 Å². The summed E-state index contributed by atoms with van der Waals surface area (Å²) in [5, 5.41) is 0.611. The molecule has 3 rings (SSSR count). The zero-order valence-electron chi connectivity index (χ0n) is 12.4. The maximum atomic E-state index is 12.4. The third kappa shape index (κ3) is 2.85. The Kier molecular flexibility index (Phi) is 3.80. The van der Waals surface area contributed by atoms with Gasteiger partial charge >= 0.3 is 0 Å². The van der Waals surface area contributed by atoms with Gasteiger partial charge in [-0.15, -0.1) is 0 Å². The summed E-state index contributed by atoms with van der Waals surface area (Å²) in [5.41, 5.74) is 1.63. The number of anilines is 1. The van der Waals surface area contributed by atoms with E-state index in [9.17, 15) is 4.79 Å². The predicted molar refractivity (Wildman–Crippen MR) is 87.1 cm³/mol. The topological polar surface area (TPSA) is 42.7 Å². The quantitative estimate of drug-likeness (QED) is 0.788. The maximum Gasteiger partial charge on any atom is 0.200 e. The summed E-state index contributed by atoms with van der Waals surface area (Å²) < 4.78 is 12.5. The molecule has 1 aliphatic heterocycles. The molecule has 0 unspecified atom stereocenters. The first kappa shape index (κ1) is 14.6. The van der Waals surface area contributed by atoms with E-state index in [1.807, 2.05) is 32.9 Å². The van der Waals surface area contributed by atoms with Crippen molar-refractivity contribution in [2.45, 2.75) is 33.0 Å². The summed E-state index contributed by atoms with van der Waals surface area (Å²) >= 11 is 3.49. The minimum absolute atomic E-state index is 0.0116. The number of benzene rings is 1. The Bertz CT molecular complexity index is 730. The van der Waals surface area contributed by atoms with E-state index in [2.05, 4.69) is 20.8 Å². The number of hydrogen-bond acceptors (Lipinski definition) is 4. The molecule has 0 bridgehead atoms. The predicted octanol–water partition coefficient (Wildman–Crippen LogP) is 3.48. The van der Waals surface area contributed by atoms with Crippen LogP contribution in [-0.4, -0.2) is 25.3 Å². The van der Waals surface area contributed by atoms with Crippen LogP contribution in [0.2, 0.25) is 0 Å². The van der Waals surface area contributed by atoms with Crippen molar-refractivity contribution < 1.29 is 9.15 Å². The molecule has 0 spiro atoms. The van der Waals surface area contributed by atoms with Crippen molar-refractivity contribution in [3.63, 3.8) is 0 Å². The smallest absolute Gasteiger partial charge is 0.200 e. The average molecular weight is 352 g/mol. The Hall–Kier alpha value is -1.33. The molecule has 1 aromatic carbocycles. The van der Waals surface area contributed by atoms with Gasteiger partial charge in [0.05, 0.1) is 22.1 Å². The van der Waals surface area contributed by atoms with Gasteiger partial charge in [-0.3, -0.25) is 4.79 Å². The molecule has 2 aromatic rings. The molecule has 1 saturated heterocycles. The normalized spacial score (nSPS) is 22.8. The number of ether oxygens (including phenoxy) is 1. The Morgan fingerprint density at radius 2 is 1.86 bits per heavy atom. The van der Waals surface area contributed by atoms with Crippen LogP contribution in [0.25, 0.3) is 11.0 Å². The van der Waals surface area contributed by atoms with Crippen LogP contribution in [-0.2, 0) is 4.74 Å². The molecule has 0 amide bonds. The van der Waals surface area contributed by atoms with Gasteiger partial charge < -0.3 is 14.1 Å². The molecular weight excluding hydrogens is 334 g/mol. The molecule has 1 fully saturated rings. The Morgan fingerprint density at radius 3 is 2.52 bits per heavy atom. The summed E-state index contributed by atoms with van der Waals surface area (Å²) in [4.78, 5) is 14.4. The lowest BCUT2D eigenvalue weighted by molar-refractivity contribution is -0.00638. The molecule has 21 heavy (non-hydrogen) atoms. The van der Waals surface area contributed by atoms with Crippen LogP contribution in [0.5, 0.6) is 0 Å². The van der Waals surface area contributed by atoms with Crippen LogP contribution in [0.1, 0.15) is 19.4 Å². The van der Waals surface area contributed by atoms with Crippen molar-refractivity contribution in [2.75, 3.05) is 18.0 Å². The fraction of sp³-hybridized carbons (Fsp3) is 0.438. The molecule has 0 saturated carbocycles. The Labute approximate surface area is 131 Å². The zero-order chi connectivity index (χ0) is 15.1. The standard InChI is InChI=1S/C16H18BrNO3/c1-9-4-12-14(19)6-15(21-16(12)13(17)5-9)18-7-10(2)20-11(3)8-18/h4-6,10-11H,7-8H2,1-3H3/t10-,11+. The molecule has 112 valence electrons. The summed E-state index contributed by atoms with van der Waals surface area (Å²) in [6.45, 7) is 7.47. The third-order valence-corrected chi connectivity index (χ3v) is 4.23. The second kappa shape index (κ2) is 5.46. The van der Waals surface area contributed by atoms with Crippen LogP contribution in [0.4, 0.5) is 5.88 Å². The van der Waals surface area contributed by atoms with Crippen molar-refractivity contribution in [1.82, 2.24) is 0 Å². The number of halogens is 1. The van der Waals surface area contributed by atoms with Crippen LogP contribution in [0.3, 0.4) is 0 Å². The van der Waals surface area contributed by atoms with Gasteiger partial charge in [-0.25, -0.2) is 0 Å². The largest absolute Gasteiger partial charge is 0.439 e. The van der Waals surface area contributed by atoms with Crippen molar-refractivity contribution in [2.24, 2.45) is 0 Å². The van der Waals surface area contributed by atoms with E-state index in [1.54, 1.807) is 6.07 Å². The van der Waals surface area contributed by atoms with E-state index < -0.39 is 0 Å². The number of fused-ring (bicyclic) bond motifs is 1. The minimum Gasteiger partial charge on any atom is -0.439 e. The average Bonchev–Trinajstić information content (AvgIpc) is 2.38. The first-order valence-corrected chi connectivity index (χ1v) is 7.88. The van der Waals surface area contributed by atoms with Crippen molar-refractivity contribution >= 4 is 32.8 Å². The highest BCUT2D eigenvalue weighted by Crippen LogP contribution is 2.28. The fourth-order valence-electron chi connectivity index (χ4n) is 2.85. The first-order valence-electron chi connectivity index (χ1n) is 7.08. The van der Waals surface area contributed by atoms with Gasteiger partial charge in [0.1, 0.15) is 0 Å². The van der Waals surface area contributed by atoms with Gasteiger partial charge in [-0.1, -0.05) is 0 Å². The first-order chi connectivity index (χ1) is 9.94. The monoisotopic (exact) mass is 351 g/mol. The third-order valence-electron chi connectivity index (χ3n) is 3.65. The van der Waals surface area contributed by atoms with E-state index in [4.69, 9.17) is 9.15 Å². The van der Waals surface area contributed by atoms with Gasteiger partial charge in [0.2, 0.25) is 0 Å². The number of hydrogen-bond donors (Lipinski definition) is 0. The minimum atomic E-state index is -0.0116. The van der Waals surface area contributed by atoms with Crippen LogP contribution in [0.15, 0.2) is 31.9 Å². The number of nitrogens with zero attached hydrogens (tertiary/aromatic N) is 1.